The smallest absolute Gasteiger partial charge is 0.218 e. The van der Waals surface area contributed by atoms with E-state index in [1.54, 1.807) is 31.4 Å². The maximum atomic E-state index is 11.0. The van der Waals surface area contributed by atoms with Crippen LogP contribution in [0.1, 0.15) is 17.2 Å². The van der Waals surface area contributed by atoms with Gasteiger partial charge in [-0.2, -0.15) is 0 Å². The van der Waals surface area contributed by atoms with Gasteiger partial charge in [0.25, 0.3) is 0 Å². The van der Waals surface area contributed by atoms with Crippen molar-refractivity contribution in [2.45, 2.75) is 6.04 Å². The fourth-order valence-electron chi connectivity index (χ4n) is 1.84. The number of rotatable bonds is 4. The Hall–Kier alpha value is -1.32. The zero-order valence-corrected chi connectivity index (χ0v) is 12.8. The summed E-state index contributed by atoms with van der Waals surface area (Å²) < 4.78 is 16.1. The molecular weight excluding hydrogens is 297 g/mol. The quantitative estimate of drug-likeness (QED) is 0.849. The van der Waals surface area contributed by atoms with E-state index in [0.717, 1.165) is 16.9 Å². The maximum Gasteiger partial charge on any atom is 0.218 e. The molecule has 0 aromatic heterocycles. The average molecular weight is 314 g/mol. The summed E-state index contributed by atoms with van der Waals surface area (Å²) in [6, 6.07) is 14.1. The first kappa shape index (κ1) is 16.7. The van der Waals surface area contributed by atoms with E-state index in [9.17, 15) is 4.57 Å². The Bertz CT molecular complexity index is 572. The molecule has 0 bridgehead atoms. The average Bonchev–Trinajstić information content (AvgIpc) is 2.46. The van der Waals surface area contributed by atoms with Gasteiger partial charge in [-0.15, -0.1) is 12.4 Å². The molecule has 0 heterocycles. The summed E-state index contributed by atoms with van der Waals surface area (Å²) in [5.41, 5.74) is 8.02. The molecule has 20 heavy (non-hydrogen) atoms. The van der Waals surface area contributed by atoms with Gasteiger partial charge in [0.05, 0.1) is 13.2 Å². The van der Waals surface area contributed by atoms with Crippen molar-refractivity contribution in [2.24, 2.45) is 5.73 Å². The van der Waals surface area contributed by atoms with Gasteiger partial charge in [-0.1, -0.05) is 24.3 Å². The van der Waals surface area contributed by atoms with Crippen LogP contribution in [0.15, 0.2) is 48.5 Å². The van der Waals surface area contributed by atoms with Crippen molar-refractivity contribution in [3.8, 4) is 5.75 Å². The zero-order chi connectivity index (χ0) is 13.8. The standard InChI is InChI=1S/C14H16NO3P.ClH/c1-18-12-6-2-10(3-7-12)14(15)11-4-8-13(9-5-11)19(16)17;/h2-9,14,19H,15H2,1H3,(H,16,17);1H. The minimum atomic E-state index is -2.63. The highest BCUT2D eigenvalue weighted by Crippen LogP contribution is 2.22. The van der Waals surface area contributed by atoms with E-state index >= 15 is 0 Å². The van der Waals surface area contributed by atoms with Crippen LogP contribution in [0, 0.1) is 0 Å². The summed E-state index contributed by atoms with van der Waals surface area (Å²) in [6.07, 6.45) is 0. The molecule has 2 unspecified atom stereocenters. The van der Waals surface area contributed by atoms with Crippen LogP contribution in [0.25, 0.3) is 0 Å². The van der Waals surface area contributed by atoms with Crippen molar-refractivity contribution in [2.75, 3.05) is 7.11 Å². The topological polar surface area (TPSA) is 72.5 Å². The number of hydrogen-bond acceptors (Lipinski definition) is 3. The largest absolute Gasteiger partial charge is 0.497 e. The van der Waals surface area contributed by atoms with E-state index in [-0.39, 0.29) is 18.4 Å². The van der Waals surface area contributed by atoms with Crippen molar-refractivity contribution in [3.63, 3.8) is 0 Å². The number of ether oxygens (including phenoxy) is 1. The second-order valence-corrected chi connectivity index (χ2v) is 5.37. The van der Waals surface area contributed by atoms with Crippen LogP contribution in [-0.4, -0.2) is 12.0 Å². The van der Waals surface area contributed by atoms with Gasteiger partial charge in [0.1, 0.15) is 5.75 Å². The molecule has 0 aliphatic rings. The molecule has 2 rings (SSSR count). The summed E-state index contributed by atoms with van der Waals surface area (Å²) in [5, 5.41) is 0.440. The van der Waals surface area contributed by atoms with Crippen LogP contribution < -0.4 is 15.8 Å². The van der Waals surface area contributed by atoms with E-state index in [4.69, 9.17) is 15.4 Å². The van der Waals surface area contributed by atoms with Gasteiger partial charge < -0.3 is 15.4 Å². The molecule has 0 amide bonds. The fraction of sp³-hybridized carbons (Fsp3) is 0.143. The van der Waals surface area contributed by atoms with E-state index in [2.05, 4.69) is 0 Å². The molecule has 0 saturated heterocycles. The van der Waals surface area contributed by atoms with E-state index in [1.165, 1.54) is 0 Å². The van der Waals surface area contributed by atoms with Crippen LogP contribution in [0.3, 0.4) is 0 Å². The molecule has 0 saturated carbocycles. The first-order valence-corrected chi connectivity index (χ1v) is 7.20. The van der Waals surface area contributed by atoms with Crippen LogP contribution in [0.4, 0.5) is 0 Å². The molecule has 2 atom stereocenters. The minimum absolute atomic E-state index is 0. The molecule has 108 valence electrons. The van der Waals surface area contributed by atoms with Crippen LogP contribution >= 0.6 is 20.4 Å². The Morgan fingerprint density at radius 1 is 1.05 bits per heavy atom. The lowest BCUT2D eigenvalue weighted by atomic mass is 10.00. The molecule has 0 aliphatic heterocycles. The second-order valence-electron chi connectivity index (χ2n) is 4.18. The van der Waals surface area contributed by atoms with Crippen LogP contribution in [-0.2, 0) is 4.57 Å². The third-order valence-electron chi connectivity index (χ3n) is 2.99. The van der Waals surface area contributed by atoms with Crippen molar-refractivity contribution in [1.29, 1.82) is 0 Å². The van der Waals surface area contributed by atoms with Gasteiger partial charge in [-0.3, -0.25) is 4.57 Å². The Labute approximate surface area is 124 Å². The molecule has 6 heteroatoms. The summed E-state index contributed by atoms with van der Waals surface area (Å²) >= 11 is 0. The van der Waals surface area contributed by atoms with Crippen molar-refractivity contribution in [1.82, 2.24) is 0 Å². The van der Waals surface area contributed by atoms with E-state index in [1.807, 2.05) is 24.3 Å². The highest BCUT2D eigenvalue weighted by atomic mass is 35.5. The van der Waals surface area contributed by atoms with Crippen LogP contribution in [0.5, 0.6) is 5.75 Å². The first-order valence-electron chi connectivity index (χ1n) is 5.84. The van der Waals surface area contributed by atoms with Crippen molar-refractivity contribution >= 4 is 25.7 Å². The molecule has 0 aliphatic carbocycles. The molecule has 0 fully saturated rings. The van der Waals surface area contributed by atoms with E-state index < -0.39 is 8.03 Å². The molecular formula is C14H17ClNO3P. The summed E-state index contributed by atoms with van der Waals surface area (Å²) in [4.78, 5) is 9.03. The molecule has 0 radical (unpaired) electrons. The number of methoxy groups -OCH3 is 1. The normalized spacial score (nSPS) is 13.2. The molecule has 2 aromatic carbocycles. The Morgan fingerprint density at radius 2 is 1.50 bits per heavy atom. The summed E-state index contributed by atoms with van der Waals surface area (Å²) in [6.45, 7) is 0. The number of nitrogens with two attached hydrogens (primary N) is 1. The van der Waals surface area contributed by atoms with Gasteiger partial charge in [-0.05, 0) is 35.4 Å². The van der Waals surface area contributed by atoms with Crippen molar-refractivity contribution < 1.29 is 14.2 Å². The van der Waals surface area contributed by atoms with Gasteiger partial charge in [-0.25, -0.2) is 0 Å². The molecule has 2 aromatic rings. The van der Waals surface area contributed by atoms with Crippen molar-refractivity contribution in [3.05, 3.63) is 59.7 Å². The van der Waals surface area contributed by atoms with E-state index in [0.29, 0.717) is 5.30 Å². The number of hydrogen-bond donors (Lipinski definition) is 2. The predicted octanol–water partition coefficient (Wildman–Crippen LogP) is 2.26. The lowest BCUT2D eigenvalue weighted by Crippen LogP contribution is -2.12. The Balaban J connectivity index is 0.00000200. The number of halogens is 1. The minimum Gasteiger partial charge on any atom is -0.497 e. The lowest BCUT2D eigenvalue weighted by Gasteiger charge is -2.13. The SMILES string of the molecule is COc1ccc(C(N)c2ccc([PH](=O)O)cc2)cc1.Cl. The highest BCUT2D eigenvalue weighted by molar-refractivity contribution is 7.47. The van der Waals surface area contributed by atoms with Gasteiger partial charge in [0.15, 0.2) is 0 Å². The zero-order valence-electron chi connectivity index (χ0n) is 10.9. The summed E-state index contributed by atoms with van der Waals surface area (Å²) in [7, 11) is -1.02. The van der Waals surface area contributed by atoms with Gasteiger partial charge >= 0.3 is 0 Å². The first-order chi connectivity index (χ1) is 9.11. The maximum absolute atomic E-state index is 11.0. The third-order valence-corrected chi connectivity index (χ3v) is 3.82. The van der Waals surface area contributed by atoms with Gasteiger partial charge in [0, 0.05) is 5.30 Å². The third kappa shape index (κ3) is 3.84. The predicted molar refractivity (Wildman–Crippen MR) is 83.6 cm³/mol. The molecule has 0 spiro atoms. The number of benzene rings is 2. The second kappa shape index (κ2) is 7.46. The van der Waals surface area contributed by atoms with Crippen LogP contribution in [0.2, 0.25) is 0 Å². The Kier molecular flexibility index (Phi) is 6.24. The fourth-order valence-corrected chi connectivity index (χ4v) is 2.29. The molecule has 4 nitrogen and oxygen atoms in total. The molecule has 3 N–H and O–H groups in total. The summed E-state index contributed by atoms with van der Waals surface area (Å²) in [5.74, 6) is 0.783. The Morgan fingerprint density at radius 3 is 1.90 bits per heavy atom. The monoisotopic (exact) mass is 313 g/mol. The lowest BCUT2D eigenvalue weighted by molar-refractivity contribution is 0.414. The van der Waals surface area contributed by atoms with Gasteiger partial charge in [0.2, 0.25) is 8.03 Å². The highest BCUT2D eigenvalue weighted by Gasteiger charge is 2.09.